The lowest BCUT2D eigenvalue weighted by molar-refractivity contribution is 0.0901. The Kier molecular flexibility index (Phi) is 7.21. The van der Waals surface area contributed by atoms with Crippen molar-refractivity contribution < 1.29 is 17.9 Å². The van der Waals surface area contributed by atoms with Gasteiger partial charge in [-0.3, -0.25) is 9.52 Å². The Morgan fingerprint density at radius 2 is 1.60 bits per heavy atom. The van der Waals surface area contributed by atoms with Crippen molar-refractivity contribution >= 4 is 21.6 Å². The maximum Gasteiger partial charge on any atom is 0.261 e. The van der Waals surface area contributed by atoms with E-state index in [0.717, 1.165) is 11.1 Å². The molecule has 3 aromatic carbocycles. The SMILES string of the molecule is Cc1ccc(C(=O)NCCOCc2ccccc2)cc1NS(=O)(=O)c1ccccc1. The van der Waals surface area contributed by atoms with E-state index in [-0.39, 0.29) is 10.8 Å². The third kappa shape index (κ3) is 5.92. The van der Waals surface area contributed by atoms with Crippen molar-refractivity contribution in [2.45, 2.75) is 18.4 Å². The molecule has 1 amide bonds. The molecule has 3 aromatic rings. The van der Waals surface area contributed by atoms with E-state index in [4.69, 9.17) is 4.74 Å². The average molecular weight is 425 g/mol. The summed E-state index contributed by atoms with van der Waals surface area (Å²) in [4.78, 5) is 12.6. The first kappa shape index (κ1) is 21.5. The summed E-state index contributed by atoms with van der Waals surface area (Å²) in [5, 5.41) is 2.79. The Bertz CT molecular complexity index is 1080. The van der Waals surface area contributed by atoms with Gasteiger partial charge in [-0.2, -0.15) is 0 Å². The summed E-state index contributed by atoms with van der Waals surface area (Å²) in [6.45, 7) is 2.99. The molecule has 0 bridgehead atoms. The molecule has 6 nitrogen and oxygen atoms in total. The number of rotatable bonds is 9. The number of hydrogen-bond donors (Lipinski definition) is 2. The Morgan fingerprint density at radius 3 is 2.30 bits per heavy atom. The standard InChI is InChI=1S/C23H24N2O4S/c1-18-12-13-20(16-22(18)25-30(27,28)21-10-6-3-7-11-21)23(26)24-14-15-29-17-19-8-4-2-5-9-19/h2-13,16,25H,14-15,17H2,1H3,(H,24,26). The molecule has 0 atom stereocenters. The Morgan fingerprint density at radius 1 is 0.933 bits per heavy atom. The Hall–Kier alpha value is -3.16. The molecular formula is C23H24N2O4S. The number of carbonyl (C=O) groups is 1. The molecule has 0 saturated carbocycles. The third-order valence-electron chi connectivity index (χ3n) is 4.44. The highest BCUT2D eigenvalue weighted by Crippen LogP contribution is 2.21. The molecule has 0 fully saturated rings. The molecule has 156 valence electrons. The molecule has 0 heterocycles. The number of sulfonamides is 1. The van der Waals surface area contributed by atoms with E-state index in [1.807, 2.05) is 30.3 Å². The molecule has 2 N–H and O–H groups in total. The minimum atomic E-state index is -3.73. The maximum absolute atomic E-state index is 12.6. The van der Waals surface area contributed by atoms with Crippen LogP contribution in [-0.4, -0.2) is 27.5 Å². The first-order valence-corrected chi connectivity index (χ1v) is 11.0. The summed E-state index contributed by atoms with van der Waals surface area (Å²) in [6.07, 6.45) is 0. The van der Waals surface area contributed by atoms with Crippen LogP contribution in [0.25, 0.3) is 0 Å². The van der Waals surface area contributed by atoms with E-state index in [9.17, 15) is 13.2 Å². The molecule has 3 rings (SSSR count). The van der Waals surface area contributed by atoms with E-state index < -0.39 is 10.0 Å². The van der Waals surface area contributed by atoms with Crippen LogP contribution in [0.4, 0.5) is 5.69 Å². The monoisotopic (exact) mass is 424 g/mol. The fourth-order valence-corrected chi connectivity index (χ4v) is 3.92. The summed E-state index contributed by atoms with van der Waals surface area (Å²) in [6, 6.07) is 22.8. The predicted octanol–water partition coefficient (Wildman–Crippen LogP) is 3.74. The number of nitrogens with one attached hydrogen (secondary N) is 2. The van der Waals surface area contributed by atoms with Crippen LogP contribution < -0.4 is 10.0 Å². The zero-order valence-electron chi connectivity index (χ0n) is 16.7. The van der Waals surface area contributed by atoms with Crippen LogP contribution >= 0.6 is 0 Å². The van der Waals surface area contributed by atoms with Crippen LogP contribution in [0.3, 0.4) is 0 Å². The summed E-state index contributed by atoms with van der Waals surface area (Å²) in [5.41, 5.74) is 2.52. The molecule has 0 aliphatic rings. The number of amides is 1. The van der Waals surface area contributed by atoms with Crippen molar-refractivity contribution in [3.63, 3.8) is 0 Å². The van der Waals surface area contributed by atoms with Gasteiger partial charge in [0.15, 0.2) is 0 Å². The van der Waals surface area contributed by atoms with Gasteiger partial charge >= 0.3 is 0 Å². The normalized spacial score (nSPS) is 11.1. The van der Waals surface area contributed by atoms with Crippen LogP contribution in [0.5, 0.6) is 0 Å². The average Bonchev–Trinajstić information content (AvgIpc) is 2.76. The van der Waals surface area contributed by atoms with Gasteiger partial charge in [-0.1, -0.05) is 54.6 Å². The highest BCUT2D eigenvalue weighted by atomic mass is 32.2. The topological polar surface area (TPSA) is 84.5 Å². The molecule has 0 aliphatic heterocycles. The lowest BCUT2D eigenvalue weighted by Crippen LogP contribution is -2.27. The summed E-state index contributed by atoms with van der Waals surface area (Å²) in [7, 11) is -3.73. The van der Waals surface area contributed by atoms with Gasteiger partial charge in [0.05, 0.1) is 23.8 Å². The van der Waals surface area contributed by atoms with Crippen LogP contribution in [-0.2, 0) is 21.4 Å². The molecule has 30 heavy (non-hydrogen) atoms. The smallest absolute Gasteiger partial charge is 0.261 e. The minimum Gasteiger partial charge on any atom is -0.375 e. The van der Waals surface area contributed by atoms with Crippen molar-refractivity contribution in [1.29, 1.82) is 0 Å². The lowest BCUT2D eigenvalue weighted by Gasteiger charge is -2.12. The molecular weight excluding hydrogens is 400 g/mol. The third-order valence-corrected chi connectivity index (χ3v) is 5.82. The van der Waals surface area contributed by atoms with E-state index in [0.29, 0.717) is 31.0 Å². The summed E-state index contributed by atoms with van der Waals surface area (Å²) >= 11 is 0. The fraction of sp³-hybridized carbons (Fsp3) is 0.174. The van der Waals surface area contributed by atoms with Crippen molar-refractivity contribution in [3.05, 3.63) is 95.6 Å². The van der Waals surface area contributed by atoms with Gasteiger partial charge < -0.3 is 10.1 Å². The highest BCUT2D eigenvalue weighted by molar-refractivity contribution is 7.92. The van der Waals surface area contributed by atoms with Crippen LogP contribution in [0, 0.1) is 6.92 Å². The molecule has 0 saturated heterocycles. The van der Waals surface area contributed by atoms with Crippen LogP contribution in [0.1, 0.15) is 21.5 Å². The van der Waals surface area contributed by atoms with Crippen molar-refractivity contribution in [3.8, 4) is 0 Å². The molecule has 7 heteroatoms. The van der Waals surface area contributed by atoms with E-state index in [2.05, 4.69) is 10.0 Å². The first-order valence-electron chi connectivity index (χ1n) is 9.54. The van der Waals surface area contributed by atoms with Gasteiger partial charge in [0.25, 0.3) is 15.9 Å². The number of hydrogen-bond acceptors (Lipinski definition) is 4. The number of benzene rings is 3. The number of anilines is 1. The number of carbonyl (C=O) groups excluding carboxylic acids is 1. The fourth-order valence-electron chi connectivity index (χ4n) is 2.78. The Balaban J connectivity index is 1.57. The second-order valence-electron chi connectivity index (χ2n) is 6.74. The summed E-state index contributed by atoms with van der Waals surface area (Å²) < 4.78 is 33.3. The highest BCUT2D eigenvalue weighted by Gasteiger charge is 2.16. The zero-order valence-corrected chi connectivity index (χ0v) is 17.5. The van der Waals surface area contributed by atoms with Gasteiger partial charge in [0.2, 0.25) is 0 Å². The zero-order chi connectivity index (χ0) is 21.4. The van der Waals surface area contributed by atoms with E-state index in [1.165, 1.54) is 18.2 Å². The molecule has 0 aliphatic carbocycles. The first-order chi connectivity index (χ1) is 14.5. The Labute approximate surface area is 177 Å². The minimum absolute atomic E-state index is 0.162. The molecule has 0 unspecified atom stereocenters. The van der Waals surface area contributed by atoms with Gasteiger partial charge in [-0.05, 0) is 42.3 Å². The van der Waals surface area contributed by atoms with Crippen molar-refractivity contribution in [1.82, 2.24) is 5.32 Å². The number of aryl methyl sites for hydroxylation is 1. The van der Waals surface area contributed by atoms with Crippen LogP contribution in [0.15, 0.2) is 83.8 Å². The second-order valence-corrected chi connectivity index (χ2v) is 8.42. The van der Waals surface area contributed by atoms with E-state index in [1.54, 1.807) is 37.3 Å². The van der Waals surface area contributed by atoms with Crippen molar-refractivity contribution in [2.24, 2.45) is 0 Å². The van der Waals surface area contributed by atoms with Gasteiger partial charge in [0.1, 0.15) is 0 Å². The van der Waals surface area contributed by atoms with Gasteiger partial charge in [-0.15, -0.1) is 0 Å². The summed E-state index contributed by atoms with van der Waals surface area (Å²) in [5.74, 6) is -0.293. The predicted molar refractivity (Wildman–Crippen MR) is 117 cm³/mol. The second kappa shape index (κ2) is 10.0. The maximum atomic E-state index is 12.6. The van der Waals surface area contributed by atoms with Gasteiger partial charge in [-0.25, -0.2) is 8.42 Å². The number of ether oxygens (including phenoxy) is 1. The van der Waals surface area contributed by atoms with Crippen LogP contribution in [0.2, 0.25) is 0 Å². The molecule has 0 aromatic heterocycles. The van der Waals surface area contributed by atoms with Crippen molar-refractivity contribution in [2.75, 3.05) is 17.9 Å². The van der Waals surface area contributed by atoms with E-state index >= 15 is 0 Å². The quantitative estimate of drug-likeness (QED) is 0.513. The largest absolute Gasteiger partial charge is 0.375 e. The molecule has 0 spiro atoms. The van der Waals surface area contributed by atoms with Gasteiger partial charge in [0, 0.05) is 12.1 Å². The molecule has 0 radical (unpaired) electrons. The lowest BCUT2D eigenvalue weighted by atomic mass is 10.1.